The van der Waals surface area contributed by atoms with Crippen LogP contribution in [0.5, 0.6) is 0 Å². The number of phosphoric acid groups is 1. The Morgan fingerprint density at radius 1 is 0.825 bits per heavy atom. The van der Waals surface area contributed by atoms with Gasteiger partial charge in [0.05, 0.1) is 52.7 Å². The third-order valence-electron chi connectivity index (χ3n) is 10.3. The Hall–Kier alpha value is -1.18. The molecule has 336 valence electrons. The number of quaternary nitrogens is 1. The fraction of sp³-hybridized carbons (Fsp3) is 0.886. The zero-order valence-electron chi connectivity index (χ0n) is 36.6. The molecule has 0 amide bonds. The van der Waals surface area contributed by atoms with E-state index >= 15 is 0 Å². The molecule has 1 rings (SSSR count). The Balaban J connectivity index is 2.49. The summed E-state index contributed by atoms with van der Waals surface area (Å²) in [6, 6.07) is 0. The first-order valence-corrected chi connectivity index (χ1v) is 23.9. The second kappa shape index (κ2) is 33.5. The highest BCUT2D eigenvalue weighted by Gasteiger charge is 2.35. The lowest BCUT2D eigenvalue weighted by atomic mass is 9.87. The van der Waals surface area contributed by atoms with Gasteiger partial charge in [0.2, 0.25) is 0 Å². The Morgan fingerprint density at radius 2 is 1.42 bits per heavy atom. The number of aliphatic hydroxyl groups is 3. The number of rotatable bonds is 37. The number of likely N-dealkylation sites (N-methyl/N-ethyl adjacent to an activating group) is 1. The van der Waals surface area contributed by atoms with Gasteiger partial charge in [0.15, 0.2) is 6.29 Å². The monoisotopic (exact) mass is 834 g/mol. The summed E-state index contributed by atoms with van der Waals surface area (Å²) in [7, 11) is 1.19. The molecule has 57 heavy (non-hydrogen) atoms. The summed E-state index contributed by atoms with van der Waals surface area (Å²) in [5.41, 5.74) is 0. The molecule has 1 heterocycles. The predicted molar refractivity (Wildman–Crippen MR) is 225 cm³/mol. The third kappa shape index (κ3) is 31.4. The predicted octanol–water partition coefficient (Wildman–Crippen LogP) is 8.30. The van der Waals surface area contributed by atoms with E-state index in [0.29, 0.717) is 43.3 Å². The van der Waals surface area contributed by atoms with Crippen molar-refractivity contribution in [2.45, 2.75) is 192 Å². The summed E-state index contributed by atoms with van der Waals surface area (Å²) in [6.45, 7) is 4.94. The van der Waals surface area contributed by atoms with Crippen LogP contribution in [-0.2, 0) is 32.6 Å². The van der Waals surface area contributed by atoms with Gasteiger partial charge in [-0.25, -0.2) is 0 Å². The molecule has 7 unspecified atom stereocenters. The van der Waals surface area contributed by atoms with Gasteiger partial charge < -0.3 is 48.0 Å². The first-order valence-electron chi connectivity index (χ1n) is 22.5. The Kier molecular flexibility index (Phi) is 31.7. The fourth-order valence-electron chi connectivity index (χ4n) is 6.70. The van der Waals surface area contributed by atoms with Gasteiger partial charge in [-0.05, 0) is 32.1 Å². The lowest BCUT2D eigenvalue weighted by Gasteiger charge is -2.36. The highest BCUT2D eigenvalue weighted by Crippen LogP contribution is 2.38. The second-order valence-corrected chi connectivity index (χ2v) is 18.4. The van der Waals surface area contributed by atoms with E-state index < -0.39 is 44.5 Å². The van der Waals surface area contributed by atoms with Crippen LogP contribution in [0.15, 0.2) is 24.3 Å². The molecule has 1 aliphatic rings. The average molecular weight is 834 g/mol. The van der Waals surface area contributed by atoms with Crippen molar-refractivity contribution in [2.24, 2.45) is 5.92 Å². The van der Waals surface area contributed by atoms with Crippen LogP contribution in [0.4, 0.5) is 0 Å². The minimum atomic E-state index is -4.60. The first kappa shape index (κ1) is 53.8. The van der Waals surface area contributed by atoms with Crippen molar-refractivity contribution in [3.63, 3.8) is 0 Å². The zero-order valence-corrected chi connectivity index (χ0v) is 37.5. The fourth-order valence-corrected chi connectivity index (χ4v) is 7.43. The van der Waals surface area contributed by atoms with Gasteiger partial charge in [0.25, 0.3) is 7.82 Å². The average Bonchev–Trinajstić information content (AvgIpc) is 3.14. The molecule has 12 nitrogen and oxygen atoms in total. The van der Waals surface area contributed by atoms with E-state index in [1.165, 1.54) is 70.6 Å². The van der Waals surface area contributed by atoms with E-state index in [2.05, 4.69) is 13.8 Å². The molecule has 1 aliphatic heterocycles. The van der Waals surface area contributed by atoms with Crippen molar-refractivity contribution >= 4 is 13.8 Å². The van der Waals surface area contributed by atoms with Gasteiger partial charge in [-0.3, -0.25) is 9.36 Å². The summed E-state index contributed by atoms with van der Waals surface area (Å²) < 4.78 is 40.2. The second-order valence-electron chi connectivity index (χ2n) is 16.9. The smallest absolute Gasteiger partial charge is 0.306 e. The highest BCUT2D eigenvalue weighted by molar-refractivity contribution is 7.45. The van der Waals surface area contributed by atoms with Crippen molar-refractivity contribution in [2.75, 3.05) is 54.1 Å². The summed E-state index contributed by atoms with van der Waals surface area (Å²) in [6.07, 6.45) is 26.6. The number of hydrogen-bond acceptors (Lipinski definition) is 11. The topological polar surface area (TPSA) is 164 Å². The molecule has 0 aromatic rings. The SMILES string of the molecule is CCCCCCCCCCCCCCCCOCC(COP(=O)([O-])OCC[N+](C)(C)C)OC(=O)CCC/C=C\CC1C(O)CC(O)OC1/C=C/C(O)CCCCC. The number of carbonyl (C=O) groups is 1. The largest absolute Gasteiger partial charge is 0.756 e. The van der Waals surface area contributed by atoms with Crippen LogP contribution in [-0.4, -0.2) is 111 Å². The number of allylic oxidation sites excluding steroid dienone is 2. The summed E-state index contributed by atoms with van der Waals surface area (Å²) in [5.74, 6) is -0.760. The number of phosphoric ester groups is 1. The van der Waals surface area contributed by atoms with Crippen LogP contribution in [0, 0.1) is 5.92 Å². The summed E-state index contributed by atoms with van der Waals surface area (Å²) in [5, 5.41) is 31.0. The van der Waals surface area contributed by atoms with Crippen LogP contribution in [0.2, 0.25) is 0 Å². The van der Waals surface area contributed by atoms with E-state index in [1.54, 1.807) is 12.2 Å². The first-order chi connectivity index (χ1) is 27.3. The van der Waals surface area contributed by atoms with Crippen LogP contribution < -0.4 is 4.89 Å². The molecule has 0 saturated carbocycles. The van der Waals surface area contributed by atoms with Crippen molar-refractivity contribution in [3.05, 3.63) is 24.3 Å². The number of ether oxygens (including phenoxy) is 3. The molecule has 0 radical (unpaired) electrons. The minimum Gasteiger partial charge on any atom is -0.756 e. The molecule has 1 fully saturated rings. The molecular weight excluding hydrogens is 749 g/mol. The highest BCUT2D eigenvalue weighted by atomic mass is 31.2. The van der Waals surface area contributed by atoms with Crippen molar-refractivity contribution in [1.82, 2.24) is 0 Å². The van der Waals surface area contributed by atoms with Crippen molar-refractivity contribution in [1.29, 1.82) is 0 Å². The lowest BCUT2D eigenvalue weighted by Crippen LogP contribution is -2.43. The lowest BCUT2D eigenvalue weighted by molar-refractivity contribution is -0.870. The number of carbonyl (C=O) groups excluding carboxylic acids is 1. The molecule has 13 heteroatoms. The number of unbranched alkanes of at least 4 members (excludes halogenated alkanes) is 16. The van der Waals surface area contributed by atoms with Crippen LogP contribution in [0.25, 0.3) is 0 Å². The van der Waals surface area contributed by atoms with Gasteiger partial charge in [-0.1, -0.05) is 141 Å². The van der Waals surface area contributed by atoms with Crippen LogP contribution >= 0.6 is 7.82 Å². The maximum Gasteiger partial charge on any atom is 0.306 e. The maximum absolute atomic E-state index is 12.8. The Morgan fingerprint density at radius 3 is 2.04 bits per heavy atom. The van der Waals surface area contributed by atoms with Crippen LogP contribution in [0.3, 0.4) is 0 Å². The van der Waals surface area contributed by atoms with E-state index in [0.717, 1.165) is 38.5 Å². The van der Waals surface area contributed by atoms with Crippen molar-refractivity contribution < 1.29 is 57.3 Å². The number of nitrogens with zero attached hydrogens (tertiary/aromatic N) is 1. The van der Waals surface area contributed by atoms with E-state index in [-0.39, 0.29) is 38.6 Å². The third-order valence-corrected chi connectivity index (χ3v) is 11.3. The standard InChI is InChI=1S/C44H84NO11P/c1-6-8-10-11-12-13-14-15-16-17-18-19-22-26-33-52-36-39(37-54-57(50,51)53-34-32-45(3,4)5)55-43(48)29-25-21-20-24-28-40-41(47)35-44(49)56-42(40)31-30-38(46)27-23-9-7-2/h20,24,30-31,38-42,44,46-47,49H,6-19,21-23,25-29,32-37H2,1-5H3/b24-20-,31-30+. The molecule has 0 spiro atoms. The van der Waals surface area contributed by atoms with Gasteiger partial charge in [0.1, 0.15) is 19.3 Å². The Labute approximate surface area is 346 Å². The van der Waals surface area contributed by atoms with Gasteiger partial charge in [0, 0.05) is 25.4 Å². The summed E-state index contributed by atoms with van der Waals surface area (Å²) in [4.78, 5) is 25.2. The molecule has 0 aromatic heterocycles. The molecule has 7 atom stereocenters. The van der Waals surface area contributed by atoms with E-state index in [1.807, 2.05) is 33.3 Å². The summed E-state index contributed by atoms with van der Waals surface area (Å²) >= 11 is 0. The van der Waals surface area contributed by atoms with Gasteiger partial charge in [-0.15, -0.1) is 0 Å². The molecular formula is C44H84NO11P. The van der Waals surface area contributed by atoms with E-state index in [9.17, 15) is 29.6 Å². The van der Waals surface area contributed by atoms with Gasteiger partial charge in [-0.2, -0.15) is 0 Å². The van der Waals surface area contributed by atoms with Crippen LogP contribution in [0.1, 0.15) is 162 Å². The van der Waals surface area contributed by atoms with Crippen molar-refractivity contribution in [3.8, 4) is 0 Å². The normalized spacial score (nSPS) is 21.3. The number of esters is 1. The zero-order chi connectivity index (χ0) is 42.2. The Bertz CT molecular complexity index is 1080. The maximum atomic E-state index is 12.8. The minimum absolute atomic E-state index is 0.0217. The molecule has 0 bridgehead atoms. The quantitative estimate of drug-likeness (QED) is 0.0181. The number of aliphatic hydroxyl groups excluding tert-OH is 3. The number of hydrogen-bond donors (Lipinski definition) is 3. The molecule has 0 aromatic carbocycles. The van der Waals surface area contributed by atoms with Gasteiger partial charge >= 0.3 is 5.97 Å². The van der Waals surface area contributed by atoms with E-state index in [4.69, 9.17) is 23.3 Å². The molecule has 1 saturated heterocycles. The molecule has 3 N–H and O–H groups in total. The molecule has 0 aliphatic carbocycles.